The molecule has 0 bridgehead atoms. The number of morpholine rings is 1. The SMILES string of the molecule is CC1(CCC(=O)O)CN(c2ccccc2)C(=O)CO1. The van der Waals surface area contributed by atoms with Crippen LogP contribution in [0, 0.1) is 0 Å². The van der Waals surface area contributed by atoms with Crippen molar-refractivity contribution >= 4 is 17.6 Å². The van der Waals surface area contributed by atoms with Gasteiger partial charge >= 0.3 is 5.97 Å². The third-order valence-electron chi connectivity index (χ3n) is 3.27. The Labute approximate surface area is 111 Å². The number of amides is 1. The maximum Gasteiger partial charge on any atom is 0.303 e. The molecule has 19 heavy (non-hydrogen) atoms. The van der Waals surface area contributed by atoms with Crippen molar-refractivity contribution in [2.24, 2.45) is 0 Å². The van der Waals surface area contributed by atoms with Crippen LogP contribution >= 0.6 is 0 Å². The van der Waals surface area contributed by atoms with E-state index < -0.39 is 11.6 Å². The van der Waals surface area contributed by atoms with E-state index in [0.717, 1.165) is 5.69 Å². The van der Waals surface area contributed by atoms with Crippen LogP contribution in [0.5, 0.6) is 0 Å². The number of ether oxygens (including phenoxy) is 1. The highest BCUT2D eigenvalue weighted by Gasteiger charge is 2.36. The van der Waals surface area contributed by atoms with E-state index in [0.29, 0.717) is 13.0 Å². The maximum atomic E-state index is 11.9. The van der Waals surface area contributed by atoms with E-state index >= 15 is 0 Å². The first kappa shape index (κ1) is 13.5. The zero-order chi connectivity index (χ0) is 13.9. The molecule has 1 fully saturated rings. The predicted octanol–water partition coefficient (Wildman–Crippen LogP) is 1.67. The summed E-state index contributed by atoms with van der Waals surface area (Å²) in [4.78, 5) is 24.2. The monoisotopic (exact) mass is 263 g/mol. The largest absolute Gasteiger partial charge is 0.481 e. The van der Waals surface area contributed by atoms with Crippen LogP contribution in [0.1, 0.15) is 19.8 Å². The Bertz CT molecular complexity index is 474. The summed E-state index contributed by atoms with van der Waals surface area (Å²) >= 11 is 0. The molecule has 1 saturated heterocycles. The van der Waals surface area contributed by atoms with Gasteiger partial charge in [-0.25, -0.2) is 0 Å². The smallest absolute Gasteiger partial charge is 0.303 e. The van der Waals surface area contributed by atoms with Gasteiger partial charge in [-0.1, -0.05) is 18.2 Å². The van der Waals surface area contributed by atoms with Crippen molar-refractivity contribution in [3.63, 3.8) is 0 Å². The van der Waals surface area contributed by atoms with E-state index in [9.17, 15) is 9.59 Å². The summed E-state index contributed by atoms with van der Waals surface area (Å²) in [5.74, 6) is -0.952. The van der Waals surface area contributed by atoms with E-state index in [2.05, 4.69) is 0 Å². The molecule has 1 aliphatic heterocycles. The van der Waals surface area contributed by atoms with Gasteiger partial charge in [-0.2, -0.15) is 0 Å². The average molecular weight is 263 g/mol. The summed E-state index contributed by atoms with van der Waals surface area (Å²) in [6, 6.07) is 9.35. The fourth-order valence-electron chi connectivity index (χ4n) is 2.15. The number of carbonyl (C=O) groups is 2. The molecule has 1 aromatic carbocycles. The zero-order valence-corrected chi connectivity index (χ0v) is 10.8. The molecular formula is C14H17NO4. The highest BCUT2D eigenvalue weighted by Crippen LogP contribution is 2.27. The van der Waals surface area contributed by atoms with E-state index in [1.165, 1.54) is 0 Å². The summed E-state index contributed by atoms with van der Waals surface area (Å²) in [6.07, 6.45) is 0.423. The van der Waals surface area contributed by atoms with Crippen molar-refractivity contribution in [1.82, 2.24) is 0 Å². The molecule has 1 N–H and O–H groups in total. The van der Waals surface area contributed by atoms with Crippen LogP contribution in [-0.4, -0.2) is 35.7 Å². The molecule has 1 heterocycles. The molecule has 1 aromatic rings. The number of rotatable bonds is 4. The molecule has 1 amide bonds. The summed E-state index contributed by atoms with van der Waals surface area (Å²) < 4.78 is 5.53. The quantitative estimate of drug-likeness (QED) is 0.897. The lowest BCUT2D eigenvalue weighted by atomic mass is 9.97. The van der Waals surface area contributed by atoms with Crippen LogP contribution in [0.4, 0.5) is 5.69 Å². The maximum absolute atomic E-state index is 11.9. The van der Waals surface area contributed by atoms with Gasteiger partial charge in [0.05, 0.1) is 12.1 Å². The second-order valence-electron chi connectivity index (χ2n) is 4.95. The minimum atomic E-state index is -0.854. The number of carboxylic acid groups (broad SMARTS) is 1. The third-order valence-corrected chi connectivity index (χ3v) is 3.27. The molecule has 1 aliphatic rings. The fourth-order valence-corrected chi connectivity index (χ4v) is 2.15. The minimum Gasteiger partial charge on any atom is -0.481 e. The normalized spacial score (nSPS) is 23.4. The number of carbonyl (C=O) groups excluding carboxylic acids is 1. The van der Waals surface area contributed by atoms with E-state index in [-0.39, 0.29) is 18.9 Å². The van der Waals surface area contributed by atoms with Crippen molar-refractivity contribution < 1.29 is 19.4 Å². The van der Waals surface area contributed by atoms with Crippen molar-refractivity contribution in [1.29, 1.82) is 0 Å². The molecule has 1 unspecified atom stereocenters. The lowest BCUT2D eigenvalue weighted by molar-refractivity contribution is -0.142. The van der Waals surface area contributed by atoms with E-state index in [1.54, 1.807) is 4.90 Å². The number of hydrogen-bond donors (Lipinski definition) is 1. The number of aliphatic carboxylic acids is 1. The molecule has 5 nitrogen and oxygen atoms in total. The van der Waals surface area contributed by atoms with Gasteiger partial charge in [-0.05, 0) is 25.5 Å². The number of anilines is 1. The first-order valence-corrected chi connectivity index (χ1v) is 6.21. The van der Waals surface area contributed by atoms with Gasteiger partial charge in [-0.3, -0.25) is 9.59 Å². The Morgan fingerprint density at radius 3 is 2.74 bits per heavy atom. The topological polar surface area (TPSA) is 66.8 Å². The number of para-hydroxylation sites is 1. The van der Waals surface area contributed by atoms with Crippen molar-refractivity contribution in [2.75, 3.05) is 18.1 Å². The summed E-state index contributed by atoms with van der Waals surface area (Å²) in [5, 5.41) is 8.76. The molecule has 0 aliphatic carbocycles. The van der Waals surface area contributed by atoms with Gasteiger partial charge in [-0.15, -0.1) is 0 Å². The summed E-state index contributed by atoms with van der Waals surface area (Å²) in [5.41, 5.74) is 0.208. The van der Waals surface area contributed by atoms with Crippen molar-refractivity contribution in [2.45, 2.75) is 25.4 Å². The molecule has 0 spiro atoms. The Balaban J connectivity index is 2.12. The number of hydrogen-bond acceptors (Lipinski definition) is 3. The zero-order valence-electron chi connectivity index (χ0n) is 10.8. The number of carboxylic acids is 1. The highest BCUT2D eigenvalue weighted by atomic mass is 16.5. The second kappa shape index (κ2) is 5.40. The molecule has 0 aromatic heterocycles. The molecule has 102 valence electrons. The van der Waals surface area contributed by atoms with Crippen LogP contribution in [0.2, 0.25) is 0 Å². The lowest BCUT2D eigenvalue weighted by Crippen LogP contribution is -2.53. The molecular weight excluding hydrogens is 246 g/mol. The number of nitrogens with zero attached hydrogens (tertiary/aromatic N) is 1. The summed E-state index contributed by atoms with van der Waals surface area (Å²) in [6.45, 7) is 2.21. The number of benzene rings is 1. The third kappa shape index (κ3) is 3.32. The Morgan fingerprint density at radius 2 is 2.11 bits per heavy atom. The van der Waals surface area contributed by atoms with Crippen LogP contribution in [0.25, 0.3) is 0 Å². The predicted molar refractivity (Wildman–Crippen MR) is 70.0 cm³/mol. The molecule has 0 radical (unpaired) electrons. The fraction of sp³-hybridized carbons (Fsp3) is 0.429. The molecule has 0 saturated carbocycles. The van der Waals surface area contributed by atoms with Crippen molar-refractivity contribution in [3.8, 4) is 0 Å². The van der Waals surface area contributed by atoms with Gasteiger partial charge in [0.2, 0.25) is 0 Å². The first-order valence-electron chi connectivity index (χ1n) is 6.21. The second-order valence-corrected chi connectivity index (χ2v) is 4.95. The van der Waals surface area contributed by atoms with Gasteiger partial charge in [0, 0.05) is 12.1 Å². The lowest BCUT2D eigenvalue weighted by Gasteiger charge is -2.40. The van der Waals surface area contributed by atoms with Crippen molar-refractivity contribution in [3.05, 3.63) is 30.3 Å². The van der Waals surface area contributed by atoms with Crippen LogP contribution in [-0.2, 0) is 14.3 Å². The van der Waals surface area contributed by atoms with E-state index in [4.69, 9.17) is 9.84 Å². The van der Waals surface area contributed by atoms with Crippen LogP contribution in [0.15, 0.2) is 30.3 Å². The Hall–Kier alpha value is -1.88. The molecule has 1 atom stereocenters. The average Bonchev–Trinajstić information content (AvgIpc) is 2.41. The Morgan fingerprint density at radius 1 is 1.42 bits per heavy atom. The van der Waals surface area contributed by atoms with Gasteiger partial charge in [0.1, 0.15) is 6.61 Å². The molecule has 2 rings (SSSR count). The standard InChI is InChI=1S/C14H17NO4/c1-14(8-7-13(17)18)10-15(12(16)9-19-14)11-5-3-2-4-6-11/h2-6H,7-10H2,1H3,(H,17,18). The van der Waals surface area contributed by atoms with E-state index in [1.807, 2.05) is 37.3 Å². The first-order chi connectivity index (χ1) is 9.00. The highest BCUT2D eigenvalue weighted by molar-refractivity contribution is 5.95. The Kier molecular flexibility index (Phi) is 3.85. The van der Waals surface area contributed by atoms with Crippen LogP contribution < -0.4 is 4.90 Å². The van der Waals surface area contributed by atoms with Crippen LogP contribution in [0.3, 0.4) is 0 Å². The minimum absolute atomic E-state index is 0.00892. The van der Waals surface area contributed by atoms with Gasteiger partial charge in [0.15, 0.2) is 0 Å². The summed E-state index contributed by atoms with van der Waals surface area (Å²) in [7, 11) is 0. The molecule has 5 heteroatoms. The van der Waals surface area contributed by atoms with Gasteiger partial charge < -0.3 is 14.7 Å². The van der Waals surface area contributed by atoms with Gasteiger partial charge in [0.25, 0.3) is 5.91 Å².